The molecule has 86 valence electrons. The van der Waals surface area contributed by atoms with E-state index in [0.29, 0.717) is 18.3 Å². The molecule has 1 atom stereocenters. The lowest BCUT2D eigenvalue weighted by molar-refractivity contribution is -0.384. The van der Waals surface area contributed by atoms with Gasteiger partial charge in [-0.15, -0.1) is 0 Å². The van der Waals surface area contributed by atoms with E-state index >= 15 is 0 Å². The molecule has 1 fully saturated rings. The fraction of sp³-hybridized carbons (Fsp3) is 0.500. The number of pyridine rings is 1. The number of hydrogen-bond acceptors (Lipinski definition) is 5. The van der Waals surface area contributed by atoms with Crippen LogP contribution in [0.25, 0.3) is 0 Å². The first-order valence-corrected chi connectivity index (χ1v) is 5.19. The molecule has 1 saturated carbocycles. The van der Waals surface area contributed by atoms with Crippen LogP contribution in [0.1, 0.15) is 12.8 Å². The van der Waals surface area contributed by atoms with Crippen LogP contribution in [-0.2, 0) is 0 Å². The Bertz CT molecular complexity index is 393. The number of aliphatic hydroxyl groups excluding tert-OH is 1. The monoisotopic (exact) mass is 223 g/mol. The third-order valence-electron chi connectivity index (χ3n) is 2.61. The lowest BCUT2D eigenvalue weighted by Crippen LogP contribution is -2.21. The van der Waals surface area contributed by atoms with Gasteiger partial charge in [0.05, 0.1) is 17.1 Å². The molecule has 0 aromatic carbocycles. The molecule has 2 rings (SSSR count). The smallest absolute Gasteiger partial charge is 0.274 e. The molecule has 16 heavy (non-hydrogen) atoms. The average Bonchev–Trinajstić information content (AvgIpc) is 3.10. The van der Waals surface area contributed by atoms with E-state index in [1.807, 2.05) is 0 Å². The van der Waals surface area contributed by atoms with Crippen molar-refractivity contribution in [1.82, 2.24) is 4.98 Å². The van der Waals surface area contributed by atoms with Gasteiger partial charge in [-0.1, -0.05) is 0 Å². The molecular weight excluding hydrogens is 210 g/mol. The van der Waals surface area contributed by atoms with Gasteiger partial charge in [-0.25, -0.2) is 4.98 Å². The summed E-state index contributed by atoms with van der Waals surface area (Å²) >= 11 is 0. The summed E-state index contributed by atoms with van der Waals surface area (Å²) in [6.45, 7) is 0.388. The number of rotatable bonds is 5. The lowest BCUT2D eigenvalue weighted by atomic mass is 10.2. The van der Waals surface area contributed by atoms with Gasteiger partial charge in [-0.05, 0) is 18.8 Å². The van der Waals surface area contributed by atoms with Crippen molar-refractivity contribution in [3.63, 3.8) is 0 Å². The molecule has 0 spiro atoms. The number of anilines is 1. The number of nitrogens with one attached hydrogen (secondary N) is 1. The van der Waals surface area contributed by atoms with E-state index < -0.39 is 4.92 Å². The maximum absolute atomic E-state index is 10.5. The van der Waals surface area contributed by atoms with Crippen molar-refractivity contribution < 1.29 is 10.0 Å². The van der Waals surface area contributed by atoms with E-state index in [2.05, 4.69) is 10.3 Å². The van der Waals surface area contributed by atoms with Crippen LogP contribution in [0, 0.1) is 16.0 Å². The van der Waals surface area contributed by atoms with Crippen LogP contribution in [0.3, 0.4) is 0 Å². The molecule has 1 aliphatic rings. The highest BCUT2D eigenvalue weighted by Gasteiger charge is 2.29. The predicted octanol–water partition coefficient (Wildman–Crippen LogP) is 1.17. The minimum absolute atomic E-state index is 0.00147. The van der Waals surface area contributed by atoms with Gasteiger partial charge in [-0.2, -0.15) is 0 Å². The van der Waals surface area contributed by atoms with Crippen LogP contribution >= 0.6 is 0 Å². The van der Waals surface area contributed by atoms with Crippen LogP contribution in [0.4, 0.5) is 11.5 Å². The van der Waals surface area contributed by atoms with Gasteiger partial charge in [0.15, 0.2) is 0 Å². The van der Waals surface area contributed by atoms with E-state index in [1.165, 1.54) is 18.3 Å². The Hall–Kier alpha value is -1.69. The van der Waals surface area contributed by atoms with Crippen LogP contribution in [0.2, 0.25) is 0 Å². The Morgan fingerprint density at radius 1 is 1.69 bits per heavy atom. The second-order valence-electron chi connectivity index (χ2n) is 3.94. The first-order chi connectivity index (χ1) is 7.66. The normalized spacial score (nSPS) is 16.8. The standard InChI is InChI=1S/C10H13N3O3/c14-9(7-1-2-7)6-12-10-5-8(13(15)16)3-4-11-10/h3-5,7,9,14H,1-2,6H2,(H,11,12). The van der Waals surface area contributed by atoms with Crippen molar-refractivity contribution in [1.29, 1.82) is 0 Å². The van der Waals surface area contributed by atoms with Crippen LogP contribution in [0.5, 0.6) is 0 Å². The van der Waals surface area contributed by atoms with Gasteiger partial charge >= 0.3 is 0 Å². The van der Waals surface area contributed by atoms with Crippen molar-refractivity contribution in [2.75, 3.05) is 11.9 Å². The van der Waals surface area contributed by atoms with E-state index in [4.69, 9.17) is 0 Å². The maximum Gasteiger partial charge on any atom is 0.274 e. The first-order valence-electron chi connectivity index (χ1n) is 5.19. The van der Waals surface area contributed by atoms with Crippen molar-refractivity contribution in [3.05, 3.63) is 28.4 Å². The Labute approximate surface area is 92.5 Å². The first kappa shape index (κ1) is 10.8. The molecule has 1 aromatic heterocycles. The fourth-order valence-corrected chi connectivity index (χ4v) is 1.49. The largest absolute Gasteiger partial charge is 0.391 e. The van der Waals surface area contributed by atoms with Crippen molar-refractivity contribution >= 4 is 11.5 Å². The third-order valence-corrected chi connectivity index (χ3v) is 2.61. The number of aromatic nitrogens is 1. The summed E-state index contributed by atoms with van der Waals surface area (Å²) in [6.07, 6.45) is 3.11. The van der Waals surface area contributed by atoms with Crippen molar-refractivity contribution in [3.8, 4) is 0 Å². The molecule has 1 heterocycles. The quantitative estimate of drug-likeness (QED) is 0.578. The van der Waals surface area contributed by atoms with Crippen LogP contribution in [-0.4, -0.2) is 27.7 Å². The van der Waals surface area contributed by atoms with Crippen molar-refractivity contribution in [2.24, 2.45) is 5.92 Å². The third kappa shape index (κ3) is 2.66. The highest BCUT2D eigenvalue weighted by molar-refractivity contribution is 5.44. The predicted molar refractivity (Wildman–Crippen MR) is 58.1 cm³/mol. The number of aliphatic hydroxyl groups is 1. The van der Waals surface area contributed by atoms with Gasteiger partial charge < -0.3 is 10.4 Å². The zero-order valence-electron chi connectivity index (χ0n) is 8.67. The Kier molecular flexibility index (Phi) is 3.00. The van der Waals surface area contributed by atoms with E-state index in [1.54, 1.807) is 0 Å². The number of nitro groups is 1. The second-order valence-corrected chi connectivity index (χ2v) is 3.94. The summed E-state index contributed by atoms with van der Waals surface area (Å²) in [5.41, 5.74) is -0.00147. The Morgan fingerprint density at radius 2 is 2.44 bits per heavy atom. The summed E-state index contributed by atoms with van der Waals surface area (Å²) in [5, 5.41) is 23.0. The highest BCUT2D eigenvalue weighted by atomic mass is 16.6. The fourth-order valence-electron chi connectivity index (χ4n) is 1.49. The topological polar surface area (TPSA) is 88.3 Å². The molecule has 2 N–H and O–H groups in total. The van der Waals surface area contributed by atoms with E-state index in [0.717, 1.165) is 12.8 Å². The Morgan fingerprint density at radius 3 is 3.06 bits per heavy atom. The molecule has 0 bridgehead atoms. The van der Waals surface area contributed by atoms with Gasteiger partial charge in [0.1, 0.15) is 5.82 Å². The lowest BCUT2D eigenvalue weighted by Gasteiger charge is -2.10. The molecule has 0 aliphatic heterocycles. The maximum atomic E-state index is 10.5. The SMILES string of the molecule is O=[N+]([O-])c1ccnc(NCC(O)C2CC2)c1. The van der Waals surface area contributed by atoms with Crippen molar-refractivity contribution in [2.45, 2.75) is 18.9 Å². The summed E-state index contributed by atoms with van der Waals surface area (Å²) in [5.74, 6) is 0.806. The van der Waals surface area contributed by atoms with Gasteiger partial charge in [-0.3, -0.25) is 10.1 Å². The van der Waals surface area contributed by atoms with Crippen LogP contribution in [0.15, 0.2) is 18.3 Å². The van der Waals surface area contributed by atoms with Gasteiger partial charge in [0.25, 0.3) is 5.69 Å². The molecule has 1 aliphatic carbocycles. The summed E-state index contributed by atoms with van der Waals surface area (Å²) in [7, 11) is 0. The number of hydrogen-bond donors (Lipinski definition) is 2. The summed E-state index contributed by atoms with van der Waals surface area (Å²) in [6, 6.07) is 2.70. The zero-order chi connectivity index (χ0) is 11.5. The molecule has 0 amide bonds. The molecule has 6 nitrogen and oxygen atoms in total. The van der Waals surface area contributed by atoms with Gasteiger partial charge in [0, 0.05) is 18.8 Å². The van der Waals surface area contributed by atoms with E-state index in [9.17, 15) is 15.2 Å². The minimum atomic E-state index is -0.468. The minimum Gasteiger partial charge on any atom is -0.391 e. The Balaban J connectivity index is 1.92. The average molecular weight is 223 g/mol. The van der Waals surface area contributed by atoms with Gasteiger partial charge in [0.2, 0.25) is 0 Å². The molecule has 1 unspecified atom stereocenters. The van der Waals surface area contributed by atoms with E-state index in [-0.39, 0.29) is 11.8 Å². The molecule has 6 heteroatoms. The second kappa shape index (κ2) is 4.44. The molecule has 1 aromatic rings. The summed E-state index contributed by atoms with van der Waals surface area (Å²) < 4.78 is 0. The number of nitrogens with zero attached hydrogens (tertiary/aromatic N) is 2. The highest BCUT2D eigenvalue weighted by Crippen LogP contribution is 2.32. The summed E-state index contributed by atoms with van der Waals surface area (Å²) in [4.78, 5) is 14.0. The zero-order valence-corrected chi connectivity index (χ0v) is 8.67. The molecule has 0 saturated heterocycles. The molecular formula is C10H13N3O3. The molecule has 0 radical (unpaired) electrons. The van der Waals surface area contributed by atoms with Crippen LogP contribution < -0.4 is 5.32 Å².